The number of carbonyl (C=O) groups is 1. The van der Waals surface area contributed by atoms with Crippen LogP contribution in [0.2, 0.25) is 10.0 Å². The van der Waals surface area contributed by atoms with Gasteiger partial charge in [-0.05, 0) is 37.4 Å². The smallest absolute Gasteiger partial charge is 0.252 e. The number of rotatable bonds is 5. The number of likely N-dealkylation sites (N-methyl/N-ethyl adjacent to an activating group) is 1. The molecule has 1 atom stereocenters. The van der Waals surface area contributed by atoms with Crippen LogP contribution in [-0.2, 0) is 7.05 Å². The molecule has 1 saturated heterocycles. The molecule has 2 aromatic rings. The molecule has 1 fully saturated rings. The van der Waals surface area contributed by atoms with E-state index < -0.39 is 0 Å². The Morgan fingerprint density at radius 1 is 1.15 bits per heavy atom. The van der Waals surface area contributed by atoms with Gasteiger partial charge in [-0.1, -0.05) is 23.2 Å². The summed E-state index contributed by atoms with van der Waals surface area (Å²) in [5.74, 6) is -0.203. The predicted octanol–water partition coefficient (Wildman–Crippen LogP) is 3.05. The Labute approximate surface area is 164 Å². The number of piperazine rings is 1. The van der Waals surface area contributed by atoms with E-state index in [1.54, 1.807) is 18.2 Å². The van der Waals surface area contributed by atoms with Crippen molar-refractivity contribution in [2.75, 3.05) is 39.8 Å². The van der Waals surface area contributed by atoms with E-state index in [2.05, 4.69) is 32.8 Å². The fourth-order valence-corrected chi connectivity index (χ4v) is 3.71. The second kappa shape index (κ2) is 8.44. The number of amides is 1. The molecule has 0 bridgehead atoms. The minimum Gasteiger partial charge on any atom is -0.353 e. The molecule has 140 valence electrons. The summed E-state index contributed by atoms with van der Waals surface area (Å²) in [6, 6.07) is 9.19. The zero-order chi connectivity index (χ0) is 18.7. The highest BCUT2D eigenvalue weighted by Crippen LogP contribution is 2.23. The van der Waals surface area contributed by atoms with E-state index in [0.717, 1.165) is 26.2 Å². The molecular formula is C19H24Cl2N4O. The number of hydrogen-bond acceptors (Lipinski definition) is 3. The second-order valence-electron chi connectivity index (χ2n) is 6.73. The van der Waals surface area contributed by atoms with Gasteiger partial charge in [-0.25, -0.2) is 0 Å². The SMILES string of the molecule is CN1CCN(C(CNC(=O)c2cc(Cl)ccc2Cl)c2cccn2C)CC1. The lowest BCUT2D eigenvalue weighted by atomic mass is 10.1. The maximum Gasteiger partial charge on any atom is 0.252 e. The molecule has 1 aliphatic heterocycles. The molecule has 0 aliphatic carbocycles. The third kappa shape index (κ3) is 4.41. The monoisotopic (exact) mass is 394 g/mol. The summed E-state index contributed by atoms with van der Waals surface area (Å²) in [7, 11) is 4.17. The van der Waals surface area contributed by atoms with E-state index >= 15 is 0 Å². The third-order valence-electron chi connectivity index (χ3n) is 4.93. The van der Waals surface area contributed by atoms with Crippen molar-refractivity contribution in [1.29, 1.82) is 0 Å². The molecule has 5 nitrogen and oxygen atoms in total. The molecule has 1 N–H and O–H groups in total. The average molecular weight is 395 g/mol. The fraction of sp³-hybridized carbons (Fsp3) is 0.421. The standard InChI is InChI=1S/C19H24Cl2N4O/c1-23-8-10-25(11-9-23)18(17-4-3-7-24(17)2)13-22-19(26)15-12-14(20)5-6-16(15)21/h3-7,12,18H,8-11,13H2,1-2H3,(H,22,26). The lowest BCUT2D eigenvalue weighted by Crippen LogP contribution is -2.48. The summed E-state index contributed by atoms with van der Waals surface area (Å²) in [4.78, 5) is 17.4. The summed E-state index contributed by atoms with van der Waals surface area (Å²) in [6.07, 6.45) is 2.04. The average Bonchev–Trinajstić information content (AvgIpc) is 3.04. The summed E-state index contributed by atoms with van der Waals surface area (Å²) in [5.41, 5.74) is 1.59. The van der Waals surface area contributed by atoms with Gasteiger partial charge in [-0.3, -0.25) is 9.69 Å². The van der Waals surface area contributed by atoms with Crippen molar-refractivity contribution in [2.45, 2.75) is 6.04 Å². The van der Waals surface area contributed by atoms with Crippen molar-refractivity contribution in [1.82, 2.24) is 19.7 Å². The van der Waals surface area contributed by atoms with Crippen LogP contribution >= 0.6 is 23.2 Å². The van der Waals surface area contributed by atoms with Gasteiger partial charge in [0.1, 0.15) is 0 Å². The van der Waals surface area contributed by atoms with E-state index in [1.807, 2.05) is 19.3 Å². The zero-order valence-electron chi connectivity index (χ0n) is 15.1. The van der Waals surface area contributed by atoms with Crippen molar-refractivity contribution < 1.29 is 4.79 Å². The predicted molar refractivity (Wildman–Crippen MR) is 106 cm³/mol. The van der Waals surface area contributed by atoms with Crippen molar-refractivity contribution in [3.63, 3.8) is 0 Å². The Hall–Kier alpha value is -1.53. The van der Waals surface area contributed by atoms with Gasteiger partial charge in [0.25, 0.3) is 5.91 Å². The Bertz CT molecular complexity index is 769. The molecule has 3 rings (SSSR count). The summed E-state index contributed by atoms with van der Waals surface area (Å²) < 4.78 is 2.11. The molecule has 7 heteroatoms. The molecule has 2 heterocycles. The van der Waals surface area contributed by atoms with Crippen molar-refractivity contribution in [3.05, 3.63) is 57.8 Å². The first-order valence-electron chi connectivity index (χ1n) is 8.73. The minimum absolute atomic E-state index is 0.116. The highest BCUT2D eigenvalue weighted by molar-refractivity contribution is 6.35. The van der Waals surface area contributed by atoms with E-state index in [9.17, 15) is 4.79 Å². The summed E-state index contributed by atoms with van der Waals surface area (Å²) in [5, 5.41) is 3.94. The molecule has 1 aromatic carbocycles. The van der Waals surface area contributed by atoms with Crippen LogP contribution in [-0.4, -0.2) is 60.0 Å². The van der Waals surface area contributed by atoms with Gasteiger partial charge in [0.2, 0.25) is 0 Å². The molecule has 0 spiro atoms. The second-order valence-corrected chi connectivity index (χ2v) is 7.58. The Balaban J connectivity index is 1.75. The molecular weight excluding hydrogens is 371 g/mol. The molecule has 1 aliphatic rings. The number of nitrogens with zero attached hydrogens (tertiary/aromatic N) is 3. The van der Waals surface area contributed by atoms with Gasteiger partial charge in [0.05, 0.1) is 16.6 Å². The van der Waals surface area contributed by atoms with E-state index in [4.69, 9.17) is 23.2 Å². The quantitative estimate of drug-likeness (QED) is 0.846. The number of hydrogen-bond donors (Lipinski definition) is 1. The topological polar surface area (TPSA) is 40.5 Å². The van der Waals surface area contributed by atoms with Crippen LogP contribution in [0, 0.1) is 0 Å². The largest absolute Gasteiger partial charge is 0.353 e. The molecule has 26 heavy (non-hydrogen) atoms. The van der Waals surface area contributed by atoms with E-state index in [1.165, 1.54) is 5.69 Å². The van der Waals surface area contributed by atoms with Crippen LogP contribution in [0.5, 0.6) is 0 Å². The summed E-state index contributed by atoms with van der Waals surface area (Å²) >= 11 is 12.2. The van der Waals surface area contributed by atoms with Gasteiger partial charge in [0, 0.05) is 56.7 Å². The van der Waals surface area contributed by atoms with Gasteiger partial charge < -0.3 is 14.8 Å². The minimum atomic E-state index is -0.203. The first-order valence-corrected chi connectivity index (χ1v) is 9.48. The van der Waals surface area contributed by atoms with Crippen LogP contribution in [0.15, 0.2) is 36.5 Å². The van der Waals surface area contributed by atoms with Crippen molar-refractivity contribution >= 4 is 29.1 Å². The zero-order valence-corrected chi connectivity index (χ0v) is 16.6. The first-order chi connectivity index (χ1) is 12.5. The maximum absolute atomic E-state index is 12.6. The van der Waals surface area contributed by atoms with Crippen molar-refractivity contribution in [2.24, 2.45) is 7.05 Å². The number of nitrogens with one attached hydrogen (secondary N) is 1. The number of aryl methyl sites for hydroxylation is 1. The van der Waals surface area contributed by atoms with E-state index in [-0.39, 0.29) is 11.9 Å². The highest BCUT2D eigenvalue weighted by atomic mass is 35.5. The number of aromatic nitrogens is 1. The lowest BCUT2D eigenvalue weighted by Gasteiger charge is -2.38. The van der Waals surface area contributed by atoms with Crippen LogP contribution in [0.1, 0.15) is 22.1 Å². The fourth-order valence-electron chi connectivity index (χ4n) is 3.33. The molecule has 0 radical (unpaired) electrons. The van der Waals surface area contributed by atoms with Crippen LogP contribution in [0.25, 0.3) is 0 Å². The van der Waals surface area contributed by atoms with Gasteiger partial charge in [-0.2, -0.15) is 0 Å². The van der Waals surface area contributed by atoms with Gasteiger partial charge in [-0.15, -0.1) is 0 Å². The normalized spacial score (nSPS) is 17.2. The molecule has 1 unspecified atom stereocenters. The van der Waals surface area contributed by atoms with Crippen LogP contribution < -0.4 is 5.32 Å². The number of carbonyl (C=O) groups excluding carboxylic acids is 1. The lowest BCUT2D eigenvalue weighted by molar-refractivity contribution is 0.0877. The highest BCUT2D eigenvalue weighted by Gasteiger charge is 2.26. The van der Waals surface area contributed by atoms with Crippen molar-refractivity contribution in [3.8, 4) is 0 Å². The van der Waals surface area contributed by atoms with Gasteiger partial charge in [0.15, 0.2) is 0 Å². The number of halogens is 2. The number of benzene rings is 1. The Morgan fingerprint density at radius 2 is 1.88 bits per heavy atom. The van der Waals surface area contributed by atoms with Crippen LogP contribution in [0.4, 0.5) is 0 Å². The molecule has 1 aromatic heterocycles. The maximum atomic E-state index is 12.6. The van der Waals surface area contributed by atoms with Crippen LogP contribution in [0.3, 0.4) is 0 Å². The molecule has 0 saturated carbocycles. The van der Waals surface area contributed by atoms with E-state index in [0.29, 0.717) is 22.2 Å². The first kappa shape index (κ1) is 19.2. The molecule has 1 amide bonds. The summed E-state index contributed by atoms with van der Waals surface area (Å²) in [6.45, 7) is 4.51. The Morgan fingerprint density at radius 3 is 2.54 bits per heavy atom. The third-order valence-corrected chi connectivity index (χ3v) is 5.50. The Kier molecular flexibility index (Phi) is 6.24. The van der Waals surface area contributed by atoms with Gasteiger partial charge >= 0.3 is 0 Å².